The van der Waals surface area contributed by atoms with Gasteiger partial charge in [-0.15, -0.1) is 0 Å². The maximum Gasteiger partial charge on any atom is 0.306 e. The number of esters is 1. The van der Waals surface area contributed by atoms with Crippen LogP contribution in [0, 0.1) is 5.41 Å². The quantitative estimate of drug-likeness (QED) is 0.310. The van der Waals surface area contributed by atoms with E-state index in [9.17, 15) is 9.59 Å². The van der Waals surface area contributed by atoms with Crippen molar-refractivity contribution < 1.29 is 33.3 Å². The predicted octanol–water partition coefficient (Wildman–Crippen LogP) is 1.62. The number of methoxy groups -OCH3 is 1. The highest BCUT2D eigenvalue weighted by Crippen LogP contribution is 2.25. The number of rotatable bonds is 16. The topological polar surface area (TPSA) is 80.3 Å². The molecule has 0 aliphatic carbocycles. The molecule has 0 amide bonds. The van der Waals surface area contributed by atoms with Crippen LogP contribution in [0.5, 0.6) is 0 Å². The highest BCUT2D eigenvalue weighted by atomic mass is 16.6. The van der Waals surface area contributed by atoms with Crippen molar-refractivity contribution in [2.45, 2.75) is 33.6 Å². The maximum atomic E-state index is 11.7. The lowest BCUT2D eigenvalue weighted by Crippen LogP contribution is -2.22. The highest BCUT2D eigenvalue weighted by Gasteiger charge is 2.24. The van der Waals surface area contributed by atoms with Crippen molar-refractivity contribution in [2.75, 3.05) is 60.0 Å². The number of hydrogen-bond acceptors (Lipinski definition) is 7. The van der Waals surface area contributed by atoms with E-state index in [1.807, 2.05) is 13.8 Å². The normalized spacial score (nSPS) is 11.5. The second kappa shape index (κ2) is 14.3. The Hall–Kier alpha value is -1.02. The van der Waals surface area contributed by atoms with Crippen LogP contribution in [0.3, 0.4) is 0 Å². The van der Waals surface area contributed by atoms with Crippen LogP contribution in [-0.4, -0.2) is 71.7 Å². The molecule has 0 rings (SSSR count). The Morgan fingerprint density at radius 2 is 1.21 bits per heavy atom. The summed E-state index contributed by atoms with van der Waals surface area (Å²) in [5.41, 5.74) is -0.372. The fourth-order valence-electron chi connectivity index (χ4n) is 2.08. The fraction of sp³-hybridized carbons (Fsp3) is 0.882. The van der Waals surface area contributed by atoms with Crippen molar-refractivity contribution in [3.8, 4) is 0 Å². The summed E-state index contributed by atoms with van der Waals surface area (Å²) in [6.45, 7) is 8.88. The molecule has 0 spiro atoms. The van der Waals surface area contributed by atoms with Crippen LogP contribution in [0.1, 0.15) is 33.6 Å². The third-order valence-corrected chi connectivity index (χ3v) is 3.02. The van der Waals surface area contributed by atoms with Gasteiger partial charge in [0.25, 0.3) is 0 Å². The summed E-state index contributed by atoms with van der Waals surface area (Å²) >= 11 is 0. The molecule has 0 atom stereocenters. The van der Waals surface area contributed by atoms with Gasteiger partial charge < -0.3 is 28.5 Å². The molecule has 142 valence electrons. The average molecular weight is 348 g/mol. The van der Waals surface area contributed by atoms with Gasteiger partial charge in [-0.3, -0.25) is 4.79 Å². The Bertz CT molecular complexity index is 342. The Morgan fingerprint density at radius 1 is 0.750 bits per heavy atom. The van der Waals surface area contributed by atoms with E-state index in [0.717, 1.165) is 0 Å². The predicted molar refractivity (Wildman–Crippen MR) is 89.0 cm³/mol. The van der Waals surface area contributed by atoms with Gasteiger partial charge in [0.1, 0.15) is 12.4 Å². The van der Waals surface area contributed by atoms with Crippen LogP contribution in [0.25, 0.3) is 0 Å². The van der Waals surface area contributed by atoms with Gasteiger partial charge in [-0.2, -0.15) is 0 Å². The molecule has 0 aliphatic heterocycles. The van der Waals surface area contributed by atoms with Crippen LogP contribution in [0.2, 0.25) is 0 Å². The number of hydrogen-bond donors (Lipinski definition) is 0. The number of carbonyl (C=O) groups is 2. The fourth-order valence-corrected chi connectivity index (χ4v) is 2.08. The molecule has 0 radical (unpaired) electrons. The number of Topliss-reactive ketones (excluding diaryl/α,β-unsaturated/α-hetero) is 1. The van der Waals surface area contributed by atoms with Crippen molar-refractivity contribution in [3.63, 3.8) is 0 Å². The first-order valence-corrected chi connectivity index (χ1v) is 8.24. The molecular weight excluding hydrogens is 316 g/mol. The Kier molecular flexibility index (Phi) is 13.7. The van der Waals surface area contributed by atoms with Gasteiger partial charge in [0.05, 0.1) is 52.7 Å². The van der Waals surface area contributed by atoms with Crippen LogP contribution in [0.4, 0.5) is 0 Å². The lowest BCUT2D eigenvalue weighted by Gasteiger charge is -2.21. The van der Waals surface area contributed by atoms with Gasteiger partial charge in [-0.25, -0.2) is 0 Å². The SMILES string of the molecule is COCCOCCOCCOCCOC(=O)CC(C)(C)CC(C)=O. The highest BCUT2D eigenvalue weighted by molar-refractivity contribution is 5.77. The molecule has 0 aromatic rings. The minimum Gasteiger partial charge on any atom is -0.463 e. The minimum atomic E-state index is -0.372. The summed E-state index contributed by atoms with van der Waals surface area (Å²) in [5.74, 6) is -0.241. The molecule has 0 aliphatic rings. The van der Waals surface area contributed by atoms with E-state index in [2.05, 4.69) is 0 Å². The molecule has 0 saturated carbocycles. The first kappa shape index (κ1) is 23.0. The second-order valence-electron chi connectivity index (χ2n) is 6.27. The van der Waals surface area contributed by atoms with E-state index >= 15 is 0 Å². The summed E-state index contributed by atoms with van der Waals surface area (Å²) in [6.07, 6.45) is 0.587. The van der Waals surface area contributed by atoms with E-state index in [-0.39, 0.29) is 30.2 Å². The zero-order valence-electron chi connectivity index (χ0n) is 15.4. The molecular formula is C17H32O7. The van der Waals surface area contributed by atoms with Crippen molar-refractivity contribution >= 4 is 11.8 Å². The molecule has 0 bridgehead atoms. The lowest BCUT2D eigenvalue weighted by molar-refractivity contribution is -0.147. The lowest BCUT2D eigenvalue weighted by atomic mass is 9.84. The van der Waals surface area contributed by atoms with Crippen LogP contribution in [0.15, 0.2) is 0 Å². The summed E-state index contributed by atoms with van der Waals surface area (Å²) in [5, 5.41) is 0. The molecule has 0 unspecified atom stereocenters. The molecule has 7 nitrogen and oxygen atoms in total. The van der Waals surface area contributed by atoms with E-state index < -0.39 is 0 Å². The Morgan fingerprint density at radius 3 is 1.67 bits per heavy atom. The summed E-state index contributed by atoms with van der Waals surface area (Å²) in [4.78, 5) is 22.8. The molecule has 0 N–H and O–H groups in total. The summed E-state index contributed by atoms with van der Waals surface area (Å²) in [7, 11) is 1.63. The van der Waals surface area contributed by atoms with Crippen LogP contribution in [-0.2, 0) is 33.3 Å². The number of ketones is 1. The summed E-state index contributed by atoms with van der Waals surface area (Å²) < 4.78 is 25.8. The van der Waals surface area contributed by atoms with Crippen molar-refractivity contribution in [2.24, 2.45) is 5.41 Å². The maximum absolute atomic E-state index is 11.7. The molecule has 24 heavy (non-hydrogen) atoms. The Balaban J connectivity index is 3.41. The molecule has 0 saturated heterocycles. The summed E-state index contributed by atoms with van der Waals surface area (Å²) in [6, 6.07) is 0. The molecule has 0 aromatic carbocycles. The van der Waals surface area contributed by atoms with Gasteiger partial charge >= 0.3 is 5.97 Å². The van der Waals surface area contributed by atoms with Gasteiger partial charge in [0.15, 0.2) is 0 Å². The van der Waals surface area contributed by atoms with Gasteiger partial charge in [0.2, 0.25) is 0 Å². The largest absolute Gasteiger partial charge is 0.463 e. The first-order chi connectivity index (χ1) is 11.4. The standard InChI is InChI=1S/C17H32O7/c1-15(18)13-17(2,3)14-16(19)24-12-11-23-10-9-22-8-7-21-6-5-20-4/h5-14H2,1-4H3. The Labute approximate surface area is 144 Å². The zero-order valence-corrected chi connectivity index (χ0v) is 15.4. The molecule has 0 fully saturated rings. The third-order valence-electron chi connectivity index (χ3n) is 3.02. The van der Waals surface area contributed by atoms with Gasteiger partial charge in [-0.05, 0) is 12.3 Å². The second-order valence-corrected chi connectivity index (χ2v) is 6.27. The van der Waals surface area contributed by atoms with Crippen LogP contribution < -0.4 is 0 Å². The van der Waals surface area contributed by atoms with Crippen molar-refractivity contribution in [1.82, 2.24) is 0 Å². The minimum absolute atomic E-state index is 0.0697. The average Bonchev–Trinajstić information content (AvgIpc) is 2.46. The van der Waals surface area contributed by atoms with Gasteiger partial charge in [0, 0.05) is 13.5 Å². The number of ether oxygens (including phenoxy) is 5. The smallest absolute Gasteiger partial charge is 0.306 e. The zero-order chi connectivity index (χ0) is 18.3. The third kappa shape index (κ3) is 15.9. The van der Waals surface area contributed by atoms with E-state index in [0.29, 0.717) is 52.7 Å². The first-order valence-electron chi connectivity index (χ1n) is 8.24. The van der Waals surface area contributed by atoms with E-state index in [1.54, 1.807) is 7.11 Å². The molecule has 0 heterocycles. The number of carbonyl (C=O) groups excluding carboxylic acids is 2. The van der Waals surface area contributed by atoms with Crippen molar-refractivity contribution in [1.29, 1.82) is 0 Å². The van der Waals surface area contributed by atoms with Crippen molar-refractivity contribution in [3.05, 3.63) is 0 Å². The monoisotopic (exact) mass is 348 g/mol. The van der Waals surface area contributed by atoms with Crippen LogP contribution >= 0.6 is 0 Å². The molecule has 0 aromatic heterocycles. The molecule has 7 heteroatoms. The van der Waals surface area contributed by atoms with E-state index in [1.165, 1.54) is 6.92 Å². The van der Waals surface area contributed by atoms with E-state index in [4.69, 9.17) is 23.7 Å². The van der Waals surface area contributed by atoms with Gasteiger partial charge in [-0.1, -0.05) is 13.8 Å².